The van der Waals surface area contributed by atoms with Crippen molar-refractivity contribution in [3.63, 3.8) is 0 Å². The predicted octanol–water partition coefficient (Wildman–Crippen LogP) is -4.63. The van der Waals surface area contributed by atoms with Crippen molar-refractivity contribution in [2.24, 2.45) is 0 Å². The minimum atomic E-state index is -4.94. The zero-order valence-corrected chi connectivity index (χ0v) is 16.6. The summed E-state index contributed by atoms with van der Waals surface area (Å²) < 4.78 is 45.0. The number of carbonyl (C=O) groups is 1. The van der Waals surface area contributed by atoms with Crippen LogP contribution in [0.4, 0.5) is 11.4 Å². The number of hydrogen-bond donors (Lipinski definition) is 2. The Labute approximate surface area is 191 Å². The smallest absolute Gasteiger partial charge is 0.744 e. The Morgan fingerprint density at radius 1 is 0.931 bits per heavy atom. The first kappa shape index (κ1) is 25.0. The van der Waals surface area contributed by atoms with Crippen molar-refractivity contribution in [2.45, 2.75) is 18.0 Å². The van der Waals surface area contributed by atoms with Gasteiger partial charge in [0, 0.05) is 11.3 Å². The van der Waals surface area contributed by atoms with Crippen LogP contribution in [0.1, 0.15) is 21.9 Å². The molecule has 3 rings (SSSR count). The number of nitrogens with one attached hydrogen (secondary N) is 2. The average molecular weight is 404 g/mol. The van der Waals surface area contributed by atoms with E-state index in [0.717, 1.165) is 6.07 Å². The molecule has 0 atom stereocenters. The van der Waals surface area contributed by atoms with Crippen LogP contribution in [0, 0.1) is 0 Å². The van der Waals surface area contributed by atoms with Gasteiger partial charge in [0.15, 0.2) is 0 Å². The van der Waals surface area contributed by atoms with E-state index in [1.165, 1.54) is 18.6 Å². The van der Waals surface area contributed by atoms with Gasteiger partial charge in [0.25, 0.3) is 0 Å². The Kier molecular flexibility index (Phi) is 9.18. The SMILES string of the molecule is O=C([O-])c1cc(S(=O)(=O)[O-])c(NCc2ccco2)cc1NCc1ccco1.[Li+].[Li+]. The number of carboxylic acid groups (broad SMARTS) is 1. The van der Waals surface area contributed by atoms with Gasteiger partial charge in [0.05, 0.1) is 42.2 Å². The summed E-state index contributed by atoms with van der Waals surface area (Å²) in [6.45, 7) is 0.242. The summed E-state index contributed by atoms with van der Waals surface area (Å²) in [6, 6.07) is 8.65. The summed E-state index contributed by atoms with van der Waals surface area (Å²) in [5.41, 5.74) is -0.450. The van der Waals surface area contributed by atoms with Crippen molar-refractivity contribution >= 4 is 27.5 Å². The summed E-state index contributed by atoms with van der Waals surface area (Å²) in [4.78, 5) is 10.7. The maximum absolute atomic E-state index is 11.6. The molecule has 0 amide bonds. The van der Waals surface area contributed by atoms with Crippen LogP contribution in [0.2, 0.25) is 0 Å². The Balaban J connectivity index is 0.00000210. The van der Waals surface area contributed by atoms with Crippen molar-refractivity contribution in [3.05, 3.63) is 66.0 Å². The molecule has 3 aromatic rings. The zero-order chi connectivity index (χ0) is 19.4. The normalized spacial score (nSPS) is 10.5. The molecule has 0 fully saturated rings. The number of rotatable bonds is 8. The van der Waals surface area contributed by atoms with E-state index in [9.17, 15) is 22.9 Å². The number of carbonyl (C=O) groups excluding carboxylic acids is 1. The van der Waals surface area contributed by atoms with E-state index in [1.54, 1.807) is 24.3 Å². The van der Waals surface area contributed by atoms with E-state index in [4.69, 9.17) is 8.83 Å². The van der Waals surface area contributed by atoms with Gasteiger partial charge in [-0.15, -0.1) is 0 Å². The summed E-state index contributed by atoms with van der Waals surface area (Å²) in [5.74, 6) is -0.595. The maximum Gasteiger partial charge on any atom is 1.00 e. The third-order valence-electron chi connectivity index (χ3n) is 3.68. The maximum atomic E-state index is 11.6. The van der Waals surface area contributed by atoms with Crippen LogP contribution in [0.25, 0.3) is 0 Å². The van der Waals surface area contributed by atoms with Crippen LogP contribution in [-0.4, -0.2) is 18.9 Å². The van der Waals surface area contributed by atoms with Crippen LogP contribution < -0.4 is 53.5 Å². The Morgan fingerprint density at radius 2 is 1.45 bits per heavy atom. The van der Waals surface area contributed by atoms with Gasteiger partial charge >= 0.3 is 37.7 Å². The first-order chi connectivity index (χ1) is 12.8. The van der Waals surface area contributed by atoms with E-state index >= 15 is 0 Å². The Hall–Kier alpha value is -2.05. The molecule has 0 radical (unpaired) electrons. The average Bonchev–Trinajstić information content (AvgIpc) is 3.30. The van der Waals surface area contributed by atoms with Gasteiger partial charge < -0.3 is 33.9 Å². The van der Waals surface area contributed by atoms with Crippen LogP contribution in [-0.2, 0) is 23.2 Å². The molecule has 0 unspecified atom stereocenters. The molecule has 9 nitrogen and oxygen atoms in total. The fourth-order valence-corrected chi connectivity index (χ4v) is 3.09. The van der Waals surface area contributed by atoms with Gasteiger partial charge in [-0.2, -0.15) is 0 Å². The van der Waals surface area contributed by atoms with Gasteiger partial charge in [-0.25, -0.2) is 8.42 Å². The number of aromatic carboxylic acids is 1. The molecule has 0 aliphatic heterocycles. The van der Waals surface area contributed by atoms with Crippen molar-refractivity contribution in [1.82, 2.24) is 0 Å². The molecule has 1 aromatic carbocycles. The van der Waals surface area contributed by atoms with E-state index in [1.807, 2.05) is 0 Å². The second kappa shape index (κ2) is 10.7. The molecule has 2 aromatic heterocycles. The third kappa shape index (κ3) is 6.48. The fourth-order valence-electron chi connectivity index (χ4n) is 2.43. The van der Waals surface area contributed by atoms with E-state index in [0.29, 0.717) is 11.5 Å². The molecule has 0 aliphatic carbocycles. The minimum absolute atomic E-state index is 0. The summed E-state index contributed by atoms with van der Waals surface area (Å²) >= 11 is 0. The number of hydrogen-bond acceptors (Lipinski definition) is 9. The molecule has 12 heteroatoms. The molecule has 0 saturated carbocycles. The van der Waals surface area contributed by atoms with Crippen LogP contribution in [0.5, 0.6) is 0 Å². The van der Waals surface area contributed by atoms with E-state index in [-0.39, 0.29) is 62.2 Å². The first-order valence-corrected chi connectivity index (χ1v) is 9.13. The molecule has 29 heavy (non-hydrogen) atoms. The topological polar surface area (TPSA) is 148 Å². The van der Waals surface area contributed by atoms with E-state index in [2.05, 4.69) is 10.6 Å². The molecule has 0 spiro atoms. The summed E-state index contributed by atoms with van der Waals surface area (Å²) in [5, 5.41) is 17.0. The van der Waals surface area contributed by atoms with Gasteiger partial charge in [-0.1, -0.05) is 0 Å². The number of anilines is 2. The summed E-state index contributed by atoms with van der Waals surface area (Å²) in [7, 11) is -4.94. The first-order valence-electron chi connectivity index (χ1n) is 7.72. The predicted molar refractivity (Wildman–Crippen MR) is 90.8 cm³/mol. The Bertz CT molecular complexity index is 1040. The van der Waals surface area contributed by atoms with Gasteiger partial charge in [0.2, 0.25) is 0 Å². The zero-order valence-electron chi connectivity index (χ0n) is 15.8. The van der Waals surface area contributed by atoms with Crippen LogP contribution in [0.15, 0.2) is 62.7 Å². The molecule has 2 N–H and O–H groups in total. The monoisotopic (exact) mass is 404 g/mol. The molecular formula is C17H14Li2N2O7S. The second-order valence-electron chi connectivity index (χ2n) is 5.50. The molecule has 0 aliphatic rings. The Morgan fingerprint density at radius 3 is 1.86 bits per heavy atom. The third-order valence-corrected chi connectivity index (χ3v) is 4.55. The van der Waals surface area contributed by atoms with Crippen LogP contribution >= 0.6 is 0 Å². The molecule has 2 heterocycles. The van der Waals surface area contributed by atoms with Crippen molar-refractivity contribution in [1.29, 1.82) is 0 Å². The van der Waals surface area contributed by atoms with Crippen molar-refractivity contribution in [3.8, 4) is 0 Å². The van der Waals surface area contributed by atoms with Crippen molar-refractivity contribution < 1.29 is 69.4 Å². The van der Waals surface area contributed by atoms with Gasteiger partial charge in [0.1, 0.15) is 21.6 Å². The second-order valence-corrected chi connectivity index (χ2v) is 6.85. The molecule has 0 bridgehead atoms. The number of furan rings is 2. The summed E-state index contributed by atoms with van der Waals surface area (Å²) in [6.07, 6.45) is 2.90. The fraction of sp³-hybridized carbons (Fsp3) is 0.118. The number of benzene rings is 1. The minimum Gasteiger partial charge on any atom is -0.744 e. The molecule has 0 saturated heterocycles. The number of carboxylic acids is 1. The molecule has 142 valence electrons. The van der Waals surface area contributed by atoms with Crippen molar-refractivity contribution in [2.75, 3.05) is 10.6 Å². The van der Waals surface area contributed by atoms with Gasteiger partial charge in [-0.05, 0) is 36.4 Å². The largest absolute Gasteiger partial charge is 1.00 e. The molecular weight excluding hydrogens is 390 g/mol. The van der Waals surface area contributed by atoms with E-state index < -0.39 is 26.5 Å². The quantitative estimate of drug-likeness (QED) is 0.279. The van der Waals surface area contributed by atoms with Gasteiger partial charge in [-0.3, -0.25) is 0 Å². The standard InChI is InChI=1S/C17H16N2O7S.2Li/c20-17(21)13-7-16(27(22,23)24)15(19-10-12-4-2-6-26-12)8-14(13)18-9-11-3-1-5-25-11;;/h1-8,18-19H,9-10H2,(H,20,21)(H,22,23,24);;/q;2*+1/p-2. The van der Waals surface area contributed by atoms with Crippen LogP contribution in [0.3, 0.4) is 0 Å².